The van der Waals surface area contributed by atoms with Crippen molar-refractivity contribution in [3.8, 4) is 5.75 Å². The van der Waals surface area contributed by atoms with Crippen LogP contribution in [-0.4, -0.2) is 44.8 Å². The standard InChI is InChI=1S/C33H41N3O5S/c1-3-4-8-23-34-33(38)32(27-9-6-5-7-10-27)36(24-26-11-18-29(41-2)19-12-26)31(37)22-15-25-13-20-30(21-14-25)42(39,40)35-28-16-17-28/h5-7,9-14,18-21,28,32,35H,3-4,8,15-17,22-24H2,1-2H3,(H,34,38)/t32-/m1/s1. The van der Waals surface area contributed by atoms with Crippen molar-refractivity contribution in [1.82, 2.24) is 14.9 Å². The first-order valence-corrected chi connectivity index (χ1v) is 16.2. The van der Waals surface area contributed by atoms with E-state index >= 15 is 0 Å². The largest absolute Gasteiger partial charge is 0.497 e. The van der Waals surface area contributed by atoms with Crippen molar-refractivity contribution >= 4 is 21.8 Å². The molecule has 1 aliphatic carbocycles. The maximum absolute atomic E-state index is 13.9. The molecule has 0 aliphatic heterocycles. The first-order chi connectivity index (χ1) is 20.3. The Balaban J connectivity index is 1.55. The second-order valence-electron chi connectivity index (χ2n) is 10.7. The van der Waals surface area contributed by atoms with Gasteiger partial charge in [0, 0.05) is 25.6 Å². The summed E-state index contributed by atoms with van der Waals surface area (Å²) in [7, 11) is -1.94. The summed E-state index contributed by atoms with van der Waals surface area (Å²) in [5.41, 5.74) is 2.46. The second-order valence-corrected chi connectivity index (χ2v) is 12.4. The molecular weight excluding hydrogens is 550 g/mol. The number of ether oxygens (including phenoxy) is 1. The Hall–Kier alpha value is -3.69. The third-order valence-electron chi connectivity index (χ3n) is 7.35. The number of benzene rings is 3. The van der Waals surface area contributed by atoms with Gasteiger partial charge >= 0.3 is 0 Å². The Morgan fingerprint density at radius 1 is 0.929 bits per heavy atom. The van der Waals surface area contributed by atoms with Crippen LogP contribution in [0.2, 0.25) is 0 Å². The molecule has 2 N–H and O–H groups in total. The zero-order chi connectivity index (χ0) is 30.0. The number of amides is 2. The number of carbonyl (C=O) groups is 2. The lowest BCUT2D eigenvalue weighted by Crippen LogP contribution is -2.43. The van der Waals surface area contributed by atoms with E-state index in [4.69, 9.17) is 4.74 Å². The van der Waals surface area contributed by atoms with Crippen molar-refractivity contribution in [3.63, 3.8) is 0 Å². The van der Waals surface area contributed by atoms with E-state index in [0.29, 0.717) is 18.7 Å². The molecule has 2 amide bonds. The number of nitrogens with zero attached hydrogens (tertiary/aromatic N) is 1. The van der Waals surface area contributed by atoms with Gasteiger partial charge in [0.05, 0.1) is 12.0 Å². The Morgan fingerprint density at radius 3 is 2.21 bits per heavy atom. The predicted octanol–water partition coefficient (Wildman–Crippen LogP) is 5.15. The van der Waals surface area contributed by atoms with Crippen LogP contribution >= 0.6 is 0 Å². The van der Waals surface area contributed by atoms with Crippen molar-refractivity contribution < 1.29 is 22.7 Å². The summed E-state index contributed by atoms with van der Waals surface area (Å²) in [5, 5.41) is 3.05. The molecule has 224 valence electrons. The average molecular weight is 592 g/mol. The fourth-order valence-corrected chi connectivity index (χ4v) is 6.07. The van der Waals surface area contributed by atoms with E-state index in [2.05, 4.69) is 17.0 Å². The van der Waals surface area contributed by atoms with Gasteiger partial charge in [0.15, 0.2) is 0 Å². The number of hydrogen-bond donors (Lipinski definition) is 2. The number of hydrogen-bond acceptors (Lipinski definition) is 5. The highest BCUT2D eigenvalue weighted by molar-refractivity contribution is 7.89. The van der Waals surface area contributed by atoms with E-state index in [9.17, 15) is 18.0 Å². The molecular formula is C33H41N3O5S. The fraction of sp³-hybridized carbons (Fsp3) is 0.394. The Labute approximate surface area is 249 Å². The molecule has 42 heavy (non-hydrogen) atoms. The average Bonchev–Trinajstić information content (AvgIpc) is 3.82. The topological polar surface area (TPSA) is 105 Å². The van der Waals surface area contributed by atoms with Crippen LogP contribution in [0.5, 0.6) is 5.75 Å². The number of aryl methyl sites for hydroxylation is 1. The normalized spacial score (nSPS) is 13.8. The summed E-state index contributed by atoms with van der Waals surface area (Å²) in [4.78, 5) is 29.4. The van der Waals surface area contributed by atoms with Crippen LogP contribution in [0.1, 0.15) is 68.2 Å². The summed E-state index contributed by atoms with van der Waals surface area (Å²) < 4.78 is 33.0. The van der Waals surface area contributed by atoms with Gasteiger partial charge in [0.2, 0.25) is 21.8 Å². The molecule has 0 saturated heterocycles. The number of sulfonamides is 1. The van der Waals surface area contributed by atoms with E-state index < -0.39 is 16.1 Å². The number of methoxy groups -OCH3 is 1. The van der Waals surface area contributed by atoms with Gasteiger partial charge in [-0.2, -0.15) is 0 Å². The predicted molar refractivity (Wildman–Crippen MR) is 163 cm³/mol. The third kappa shape index (κ3) is 8.90. The summed E-state index contributed by atoms with van der Waals surface area (Å²) in [6, 6.07) is 22.7. The van der Waals surface area contributed by atoms with Crippen LogP contribution in [0.4, 0.5) is 0 Å². The van der Waals surface area contributed by atoms with E-state index in [-0.39, 0.29) is 35.7 Å². The minimum atomic E-state index is -3.54. The van der Waals surface area contributed by atoms with Crippen LogP contribution in [0.25, 0.3) is 0 Å². The van der Waals surface area contributed by atoms with E-state index in [0.717, 1.165) is 48.8 Å². The zero-order valence-electron chi connectivity index (χ0n) is 24.4. The molecule has 3 aromatic carbocycles. The Kier molecular flexibility index (Phi) is 11.1. The zero-order valence-corrected chi connectivity index (χ0v) is 25.2. The summed E-state index contributed by atoms with van der Waals surface area (Å²) in [6.45, 7) is 2.90. The van der Waals surface area contributed by atoms with E-state index in [1.165, 1.54) is 0 Å². The van der Waals surface area contributed by atoms with Crippen molar-refractivity contribution in [2.24, 2.45) is 0 Å². The quantitative estimate of drug-likeness (QED) is 0.224. The summed E-state index contributed by atoms with van der Waals surface area (Å²) in [6.07, 6.45) is 5.24. The highest BCUT2D eigenvalue weighted by Crippen LogP contribution is 2.26. The maximum atomic E-state index is 13.9. The highest BCUT2D eigenvalue weighted by Gasteiger charge is 2.31. The molecule has 0 aromatic heterocycles. The molecule has 1 saturated carbocycles. The molecule has 1 fully saturated rings. The van der Waals surface area contributed by atoms with Crippen LogP contribution in [-0.2, 0) is 32.6 Å². The highest BCUT2D eigenvalue weighted by atomic mass is 32.2. The number of unbranched alkanes of at least 4 members (excludes halogenated alkanes) is 2. The third-order valence-corrected chi connectivity index (χ3v) is 8.88. The lowest BCUT2D eigenvalue weighted by atomic mass is 10.0. The van der Waals surface area contributed by atoms with Crippen molar-refractivity contribution in [2.45, 2.75) is 75.4 Å². The van der Waals surface area contributed by atoms with Crippen molar-refractivity contribution in [1.29, 1.82) is 0 Å². The van der Waals surface area contributed by atoms with Gasteiger partial charge in [-0.25, -0.2) is 13.1 Å². The minimum absolute atomic E-state index is 0.0328. The number of nitrogens with one attached hydrogen (secondary N) is 2. The molecule has 1 atom stereocenters. The van der Waals surface area contributed by atoms with Gasteiger partial charge in [0.25, 0.3) is 0 Å². The Morgan fingerprint density at radius 2 is 1.60 bits per heavy atom. The molecule has 4 rings (SSSR count). The fourth-order valence-electron chi connectivity index (χ4n) is 4.76. The molecule has 1 aliphatic rings. The number of rotatable bonds is 16. The van der Waals surface area contributed by atoms with Crippen molar-refractivity contribution in [3.05, 3.63) is 95.6 Å². The monoisotopic (exact) mass is 591 g/mol. The molecule has 3 aromatic rings. The molecule has 0 spiro atoms. The minimum Gasteiger partial charge on any atom is -0.497 e. The van der Waals surface area contributed by atoms with Gasteiger partial charge < -0.3 is 15.0 Å². The van der Waals surface area contributed by atoms with Gasteiger partial charge in [-0.3, -0.25) is 9.59 Å². The smallest absolute Gasteiger partial charge is 0.247 e. The molecule has 0 bridgehead atoms. The SMILES string of the molecule is CCCCCNC(=O)[C@@H](c1ccccc1)N(Cc1ccc(OC)cc1)C(=O)CCc1ccc(S(=O)(=O)NC2CC2)cc1. The van der Waals surface area contributed by atoms with E-state index in [1.807, 2.05) is 54.6 Å². The first-order valence-electron chi connectivity index (χ1n) is 14.7. The maximum Gasteiger partial charge on any atom is 0.247 e. The molecule has 0 unspecified atom stereocenters. The lowest BCUT2D eigenvalue weighted by Gasteiger charge is -2.32. The van der Waals surface area contributed by atoms with Crippen LogP contribution in [0.3, 0.4) is 0 Å². The Bertz CT molecular complexity index is 1410. The lowest BCUT2D eigenvalue weighted by molar-refractivity contribution is -0.141. The summed E-state index contributed by atoms with van der Waals surface area (Å²) >= 11 is 0. The number of carbonyl (C=O) groups excluding carboxylic acids is 2. The van der Waals surface area contributed by atoms with Gasteiger partial charge in [-0.05, 0) is 66.6 Å². The van der Waals surface area contributed by atoms with Crippen molar-refractivity contribution in [2.75, 3.05) is 13.7 Å². The second kappa shape index (κ2) is 15.0. The van der Waals surface area contributed by atoms with Crippen LogP contribution in [0.15, 0.2) is 83.8 Å². The van der Waals surface area contributed by atoms with Crippen LogP contribution in [0, 0.1) is 0 Å². The molecule has 9 heteroatoms. The molecule has 8 nitrogen and oxygen atoms in total. The van der Waals surface area contributed by atoms with Gasteiger partial charge in [0.1, 0.15) is 11.8 Å². The molecule has 0 heterocycles. The van der Waals surface area contributed by atoms with Gasteiger partial charge in [-0.15, -0.1) is 0 Å². The first kappa shape index (κ1) is 31.3. The van der Waals surface area contributed by atoms with E-state index in [1.54, 1.807) is 36.3 Å². The van der Waals surface area contributed by atoms with Gasteiger partial charge in [-0.1, -0.05) is 74.4 Å². The van der Waals surface area contributed by atoms with Crippen LogP contribution < -0.4 is 14.8 Å². The summed E-state index contributed by atoms with van der Waals surface area (Å²) in [5.74, 6) is 0.329. The molecule has 0 radical (unpaired) electrons.